The Morgan fingerprint density at radius 2 is 1.85 bits per heavy atom. The quantitative estimate of drug-likeness (QED) is 0.671. The van der Waals surface area contributed by atoms with Gasteiger partial charge in [0, 0.05) is 12.1 Å². The number of halogens is 1. The molecule has 0 amide bonds. The number of nitrogens with one attached hydrogen (secondary N) is 1. The van der Waals surface area contributed by atoms with Crippen LogP contribution in [0.3, 0.4) is 0 Å². The van der Waals surface area contributed by atoms with E-state index < -0.39 is 10.7 Å². The fraction of sp³-hybridized carbons (Fsp3) is 0.200. The summed E-state index contributed by atoms with van der Waals surface area (Å²) in [5, 5.41) is 13.6. The lowest BCUT2D eigenvalue weighted by Gasteiger charge is -2.16. The summed E-state index contributed by atoms with van der Waals surface area (Å²) in [6.45, 7) is 3.91. The molecule has 0 radical (unpaired) electrons. The van der Waals surface area contributed by atoms with Crippen molar-refractivity contribution in [2.75, 3.05) is 5.32 Å². The maximum Gasteiger partial charge on any atom is 0.272 e. The van der Waals surface area contributed by atoms with Gasteiger partial charge < -0.3 is 5.32 Å². The zero-order valence-corrected chi connectivity index (χ0v) is 11.3. The third-order valence-electron chi connectivity index (χ3n) is 3.11. The number of rotatable bonds is 4. The summed E-state index contributed by atoms with van der Waals surface area (Å²) in [4.78, 5) is 9.94. The Labute approximate surface area is 116 Å². The van der Waals surface area contributed by atoms with E-state index in [1.165, 1.54) is 12.1 Å². The number of nitrogens with zero attached hydrogens (tertiary/aromatic N) is 1. The second kappa shape index (κ2) is 5.69. The predicted octanol–water partition coefficient (Wildman–Crippen LogP) is 4.22. The van der Waals surface area contributed by atoms with Crippen LogP contribution >= 0.6 is 0 Å². The van der Waals surface area contributed by atoms with E-state index in [4.69, 9.17) is 0 Å². The summed E-state index contributed by atoms with van der Waals surface area (Å²) in [5.41, 5.74) is 2.18. The third-order valence-corrected chi connectivity index (χ3v) is 3.11. The average Bonchev–Trinajstić information content (AvgIpc) is 2.41. The molecule has 0 aliphatic heterocycles. The molecular weight excluding hydrogens is 259 g/mol. The van der Waals surface area contributed by atoms with Crippen molar-refractivity contribution in [3.63, 3.8) is 0 Å². The van der Waals surface area contributed by atoms with Crippen LogP contribution in [0.4, 0.5) is 15.8 Å². The molecule has 0 heterocycles. The Balaban J connectivity index is 2.17. The molecule has 0 bridgehead atoms. The Kier molecular flexibility index (Phi) is 3.98. The second-order valence-electron chi connectivity index (χ2n) is 4.70. The first kappa shape index (κ1) is 14.0. The number of hydrogen-bond donors (Lipinski definition) is 1. The van der Waals surface area contributed by atoms with Gasteiger partial charge in [0.25, 0.3) is 5.69 Å². The molecule has 20 heavy (non-hydrogen) atoms. The highest BCUT2D eigenvalue weighted by Crippen LogP contribution is 2.25. The van der Waals surface area contributed by atoms with Crippen molar-refractivity contribution >= 4 is 11.4 Å². The van der Waals surface area contributed by atoms with Crippen LogP contribution < -0.4 is 5.32 Å². The Morgan fingerprint density at radius 3 is 2.40 bits per heavy atom. The van der Waals surface area contributed by atoms with Crippen molar-refractivity contribution in [3.8, 4) is 0 Å². The molecule has 2 rings (SSSR count). The van der Waals surface area contributed by atoms with Crippen LogP contribution in [0.2, 0.25) is 0 Å². The molecule has 0 aromatic heterocycles. The van der Waals surface area contributed by atoms with Gasteiger partial charge in [0.1, 0.15) is 0 Å². The minimum absolute atomic E-state index is 0.0912. The van der Waals surface area contributed by atoms with Gasteiger partial charge in [-0.25, -0.2) is 4.39 Å². The van der Waals surface area contributed by atoms with Crippen molar-refractivity contribution < 1.29 is 9.31 Å². The first-order chi connectivity index (χ1) is 9.47. The molecule has 0 fully saturated rings. The van der Waals surface area contributed by atoms with Crippen molar-refractivity contribution in [2.45, 2.75) is 19.9 Å². The Bertz CT molecular complexity index is 626. The number of anilines is 1. The normalized spacial score (nSPS) is 11.9. The van der Waals surface area contributed by atoms with Crippen LogP contribution in [0.25, 0.3) is 0 Å². The largest absolute Gasteiger partial charge is 0.376 e. The van der Waals surface area contributed by atoms with E-state index in [0.29, 0.717) is 0 Å². The zero-order chi connectivity index (χ0) is 14.7. The van der Waals surface area contributed by atoms with Crippen LogP contribution in [-0.2, 0) is 0 Å². The Hall–Kier alpha value is -2.43. The third kappa shape index (κ3) is 3.12. The van der Waals surface area contributed by atoms with Crippen molar-refractivity contribution in [2.24, 2.45) is 0 Å². The minimum atomic E-state index is -0.627. The standard InChI is InChI=1S/C15H15FN2O2/c1-10-3-5-12(6-4-10)11(2)17-15-8-7-13(18(19)20)9-14(15)16/h3-9,11,17H,1-2H3. The van der Waals surface area contributed by atoms with Crippen LogP contribution in [0.5, 0.6) is 0 Å². The number of aryl methyl sites for hydroxylation is 1. The second-order valence-corrected chi connectivity index (χ2v) is 4.70. The highest BCUT2D eigenvalue weighted by molar-refractivity contribution is 5.51. The van der Waals surface area contributed by atoms with Gasteiger partial charge in [-0.1, -0.05) is 29.8 Å². The van der Waals surface area contributed by atoms with Crippen LogP contribution in [0, 0.1) is 22.9 Å². The molecule has 2 aromatic rings. The fourth-order valence-electron chi connectivity index (χ4n) is 1.91. The molecule has 1 N–H and O–H groups in total. The van der Waals surface area contributed by atoms with Gasteiger partial charge in [-0.3, -0.25) is 10.1 Å². The van der Waals surface area contributed by atoms with Crippen molar-refractivity contribution in [1.82, 2.24) is 0 Å². The molecule has 0 saturated heterocycles. The molecule has 0 aliphatic rings. The fourth-order valence-corrected chi connectivity index (χ4v) is 1.91. The smallest absolute Gasteiger partial charge is 0.272 e. The van der Waals surface area contributed by atoms with E-state index in [9.17, 15) is 14.5 Å². The van der Waals surface area contributed by atoms with E-state index >= 15 is 0 Å². The molecule has 2 aromatic carbocycles. The summed E-state index contributed by atoms with van der Waals surface area (Å²) < 4.78 is 13.8. The Morgan fingerprint density at radius 1 is 1.20 bits per heavy atom. The maximum atomic E-state index is 13.8. The predicted molar refractivity (Wildman–Crippen MR) is 76.3 cm³/mol. The highest BCUT2D eigenvalue weighted by atomic mass is 19.1. The number of non-ortho nitro benzene ring substituents is 1. The van der Waals surface area contributed by atoms with E-state index in [1.54, 1.807) is 0 Å². The molecule has 0 spiro atoms. The van der Waals surface area contributed by atoms with E-state index in [1.807, 2.05) is 38.1 Å². The highest BCUT2D eigenvalue weighted by Gasteiger charge is 2.13. The van der Waals surface area contributed by atoms with E-state index in [2.05, 4.69) is 5.32 Å². The van der Waals surface area contributed by atoms with E-state index in [0.717, 1.165) is 17.2 Å². The monoisotopic (exact) mass is 274 g/mol. The van der Waals surface area contributed by atoms with Gasteiger partial charge in [0.15, 0.2) is 5.82 Å². The molecule has 1 unspecified atom stereocenters. The zero-order valence-electron chi connectivity index (χ0n) is 11.3. The lowest BCUT2D eigenvalue weighted by Crippen LogP contribution is -2.08. The van der Waals surface area contributed by atoms with E-state index in [-0.39, 0.29) is 17.4 Å². The van der Waals surface area contributed by atoms with Crippen LogP contribution in [-0.4, -0.2) is 4.92 Å². The summed E-state index contributed by atoms with van der Waals surface area (Å²) >= 11 is 0. The summed E-state index contributed by atoms with van der Waals surface area (Å²) in [6, 6.07) is 11.4. The molecule has 4 nitrogen and oxygen atoms in total. The molecule has 0 saturated carbocycles. The number of benzene rings is 2. The van der Waals surface area contributed by atoms with Crippen LogP contribution in [0.1, 0.15) is 24.1 Å². The molecule has 5 heteroatoms. The summed E-state index contributed by atoms with van der Waals surface area (Å²) in [6.07, 6.45) is 0. The minimum Gasteiger partial charge on any atom is -0.376 e. The topological polar surface area (TPSA) is 55.2 Å². The maximum absolute atomic E-state index is 13.8. The first-order valence-electron chi connectivity index (χ1n) is 6.24. The van der Waals surface area contributed by atoms with Gasteiger partial charge >= 0.3 is 0 Å². The number of nitro benzene ring substituents is 1. The lowest BCUT2D eigenvalue weighted by atomic mass is 10.1. The van der Waals surface area contributed by atoms with Gasteiger partial charge in [-0.05, 0) is 25.5 Å². The van der Waals surface area contributed by atoms with Crippen LogP contribution in [0.15, 0.2) is 42.5 Å². The number of nitro groups is 1. The lowest BCUT2D eigenvalue weighted by molar-refractivity contribution is -0.385. The molecule has 1 atom stereocenters. The SMILES string of the molecule is Cc1ccc(C(C)Nc2ccc([N+](=O)[O-])cc2F)cc1. The molecule has 104 valence electrons. The van der Waals surface area contributed by atoms with Crippen molar-refractivity contribution in [1.29, 1.82) is 0 Å². The van der Waals surface area contributed by atoms with Gasteiger partial charge in [0.05, 0.1) is 16.7 Å². The number of hydrogen-bond acceptors (Lipinski definition) is 3. The summed E-state index contributed by atoms with van der Waals surface area (Å²) in [5.74, 6) is -0.627. The summed E-state index contributed by atoms with van der Waals surface area (Å²) in [7, 11) is 0. The van der Waals surface area contributed by atoms with Gasteiger partial charge in [0.2, 0.25) is 0 Å². The van der Waals surface area contributed by atoms with Crippen molar-refractivity contribution in [3.05, 3.63) is 69.5 Å². The molecular formula is C15H15FN2O2. The first-order valence-corrected chi connectivity index (χ1v) is 6.24. The van der Waals surface area contributed by atoms with Gasteiger partial charge in [-0.2, -0.15) is 0 Å². The molecule has 0 aliphatic carbocycles. The average molecular weight is 274 g/mol. The van der Waals surface area contributed by atoms with Gasteiger partial charge in [-0.15, -0.1) is 0 Å².